The van der Waals surface area contributed by atoms with Gasteiger partial charge in [0, 0.05) is 6.42 Å². The quantitative estimate of drug-likeness (QED) is 0.208. The molecule has 0 aliphatic carbocycles. The number of carbonyl (C=O) groups excluding carboxylic acids is 2. The molecule has 1 N–H and O–H groups in total. The minimum atomic E-state index is -0.339. The Balaban J connectivity index is 1.21. The first-order valence-corrected chi connectivity index (χ1v) is 15.3. The highest BCUT2D eigenvalue weighted by molar-refractivity contribution is 7.99. The fourth-order valence-corrected chi connectivity index (χ4v) is 6.24. The molecule has 2 amide bonds. The molecule has 0 fully saturated rings. The highest BCUT2D eigenvalue weighted by Gasteiger charge is 2.33. The van der Waals surface area contributed by atoms with Gasteiger partial charge < -0.3 is 14.3 Å². The first-order chi connectivity index (χ1) is 20.5. The molecule has 2 aromatic carbocycles. The van der Waals surface area contributed by atoms with Crippen LogP contribution in [0.1, 0.15) is 50.4 Å². The van der Waals surface area contributed by atoms with Gasteiger partial charge in [-0.05, 0) is 41.6 Å². The van der Waals surface area contributed by atoms with Gasteiger partial charge in [0.1, 0.15) is 0 Å². The summed E-state index contributed by atoms with van der Waals surface area (Å²) in [5.41, 5.74) is 4.18. The van der Waals surface area contributed by atoms with Gasteiger partial charge in [0.25, 0.3) is 11.8 Å². The van der Waals surface area contributed by atoms with E-state index in [4.69, 9.17) is 9.52 Å². The van der Waals surface area contributed by atoms with Crippen molar-refractivity contribution in [2.45, 2.75) is 37.6 Å². The molecule has 42 heavy (non-hydrogen) atoms. The summed E-state index contributed by atoms with van der Waals surface area (Å²) in [5.74, 6) is 0.481. The van der Waals surface area contributed by atoms with E-state index in [0.717, 1.165) is 21.7 Å². The summed E-state index contributed by atoms with van der Waals surface area (Å²) in [6.07, 6.45) is 2.11. The summed E-state index contributed by atoms with van der Waals surface area (Å²) >= 11 is 2.94. The van der Waals surface area contributed by atoms with E-state index in [2.05, 4.69) is 39.8 Å². The van der Waals surface area contributed by atoms with Crippen molar-refractivity contribution in [1.29, 1.82) is 0 Å². The summed E-state index contributed by atoms with van der Waals surface area (Å²) < 4.78 is 7.12. The van der Waals surface area contributed by atoms with Gasteiger partial charge in [0.2, 0.25) is 0 Å². The predicted molar refractivity (Wildman–Crippen MR) is 162 cm³/mol. The van der Waals surface area contributed by atoms with Crippen molar-refractivity contribution in [2.75, 3.05) is 5.75 Å². The van der Waals surface area contributed by atoms with Crippen molar-refractivity contribution < 1.29 is 14.0 Å². The maximum Gasteiger partial charge on any atom is 0.287 e. The van der Waals surface area contributed by atoms with Crippen LogP contribution in [0.3, 0.4) is 0 Å². The maximum absolute atomic E-state index is 13.7. The molecule has 0 unspecified atom stereocenters. The smallest absolute Gasteiger partial charge is 0.287 e. The lowest BCUT2D eigenvalue weighted by atomic mass is 10.00. The Hall–Kier alpha value is -4.48. The van der Waals surface area contributed by atoms with E-state index in [1.54, 1.807) is 28.5 Å². The SMILES string of the molecule is Cc1ccc([C@@H]2CC(c3cccs3)=NN2C(=O)CSc2nnc(CNC(=O)c3ccco3)n2Cc2ccccc2)cc1. The number of benzene rings is 2. The molecule has 212 valence electrons. The van der Waals surface area contributed by atoms with Gasteiger partial charge >= 0.3 is 0 Å². The molecule has 0 radical (unpaired) electrons. The van der Waals surface area contributed by atoms with Gasteiger partial charge in [0.15, 0.2) is 16.7 Å². The number of hydrogen-bond acceptors (Lipinski definition) is 8. The third kappa shape index (κ3) is 6.22. The average molecular weight is 597 g/mol. The number of nitrogens with zero attached hydrogens (tertiary/aromatic N) is 5. The van der Waals surface area contributed by atoms with E-state index in [-0.39, 0.29) is 35.9 Å². The zero-order chi connectivity index (χ0) is 28.9. The van der Waals surface area contributed by atoms with Crippen LogP contribution in [0.5, 0.6) is 0 Å². The highest BCUT2D eigenvalue weighted by atomic mass is 32.2. The predicted octanol–water partition coefficient (Wildman–Crippen LogP) is 5.69. The first-order valence-electron chi connectivity index (χ1n) is 13.5. The maximum atomic E-state index is 13.7. The number of aromatic nitrogens is 3. The molecular formula is C31H28N6O3S2. The zero-order valence-corrected chi connectivity index (χ0v) is 24.5. The fraction of sp³-hybridized carbons (Fsp3) is 0.194. The molecule has 0 spiro atoms. The van der Waals surface area contributed by atoms with Crippen LogP contribution in [0.2, 0.25) is 0 Å². The molecule has 4 heterocycles. The normalized spacial score (nSPS) is 14.6. The van der Waals surface area contributed by atoms with Gasteiger partial charge in [-0.25, -0.2) is 5.01 Å². The second-order valence-corrected chi connectivity index (χ2v) is 11.7. The highest BCUT2D eigenvalue weighted by Crippen LogP contribution is 2.35. The number of carbonyl (C=O) groups is 2. The van der Waals surface area contributed by atoms with Crippen LogP contribution in [0.15, 0.2) is 105 Å². The van der Waals surface area contributed by atoms with E-state index >= 15 is 0 Å². The van der Waals surface area contributed by atoms with E-state index in [1.807, 2.05) is 59.3 Å². The fourth-order valence-electron chi connectivity index (χ4n) is 4.71. The van der Waals surface area contributed by atoms with Gasteiger partial charge in [-0.2, -0.15) is 5.10 Å². The molecule has 0 saturated heterocycles. The molecule has 1 aliphatic rings. The Kier molecular flexibility index (Phi) is 8.29. The second kappa shape index (κ2) is 12.6. The lowest BCUT2D eigenvalue weighted by Gasteiger charge is -2.22. The summed E-state index contributed by atoms with van der Waals surface area (Å²) in [5, 5.41) is 20.6. The number of aryl methyl sites for hydroxylation is 1. The zero-order valence-electron chi connectivity index (χ0n) is 22.8. The number of rotatable bonds is 10. The van der Waals surface area contributed by atoms with Crippen molar-refractivity contribution in [1.82, 2.24) is 25.1 Å². The molecular weight excluding hydrogens is 569 g/mol. The summed E-state index contributed by atoms with van der Waals surface area (Å²) in [7, 11) is 0. The molecule has 1 atom stereocenters. The number of hydrogen-bond donors (Lipinski definition) is 1. The van der Waals surface area contributed by atoms with Crippen molar-refractivity contribution in [3.63, 3.8) is 0 Å². The van der Waals surface area contributed by atoms with Crippen LogP contribution < -0.4 is 5.32 Å². The number of nitrogens with one attached hydrogen (secondary N) is 1. The topological polar surface area (TPSA) is 106 Å². The molecule has 0 bridgehead atoms. The van der Waals surface area contributed by atoms with Crippen molar-refractivity contribution in [2.24, 2.45) is 5.10 Å². The van der Waals surface area contributed by atoms with Gasteiger partial charge in [0.05, 0.1) is 41.7 Å². The summed E-state index contributed by atoms with van der Waals surface area (Å²) in [6.45, 7) is 2.70. The number of thiophene rings is 1. The Morgan fingerprint density at radius 2 is 1.86 bits per heavy atom. The molecule has 11 heteroatoms. The van der Waals surface area contributed by atoms with Crippen LogP contribution in [0.25, 0.3) is 0 Å². The lowest BCUT2D eigenvalue weighted by Crippen LogP contribution is -2.28. The monoisotopic (exact) mass is 596 g/mol. The van der Waals surface area contributed by atoms with Crippen molar-refractivity contribution in [3.8, 4) is 0 Å². The number of furan rings is 1. The summed E-state index contributed by atoms with van der Waals surface area (Å²) in [4.78, 5) is 27.2. The first kappa shape index (κ1) is 27.7. The Labute approximate surface area is 251 Å². The Morgan fingerprint density at radius 1 is 1.02 bits per heavy atom. The lowest BCUT2D eigenvalue weighted by molar-refractivity contribution is -0.130. The van der Waals surface area contributed by atoms with Crippen molar-refractivity contribution >= 4 is 40.6 Å². The molecule has 1 aliphatic heterocycles. The average Bonchev–Trinajstić information content (AvgIpc) is 3.83. The Bertz CT molecular complexity index is 1680. The molecule has 6 rings (SSSR count). The van der Waals surface area contributed by atoms with Crippen LogP contribution in [0.4, 0.5) is 0 Å². The number of amides is 2. The summed E-state index contributed by atoms with van der Waals surface area (Å²) in [6, 6.07) is 25.3. The van der Waals surface area contributed by atoms with E-state index in [1.165, 1.54) is 23.6 Å². The third-order valence-electron chi connectivity index (χ3n) is 6.89. The third-order valence-corrected chi connectivity index (χ3v) is 8.76. The van der Waals surface area contributed by atoms with Crippen LogP contribution in [0, 0.1) is 6.92 Å². The van der Waals surface area contributed by atoms with E-state index in [9.17, 15) is 9.59 Å². The van der Waals surface area contributed by atoms with Gasteiger partial charge in [-0.15, -0.1) is 21.5 Å². The van der Waals surface area contributed by atoms with E-state index in [0.29, 0.717) is 23.9 Å². The minimum absolute atomic E-state index is 0.112. The van der Waals surface area contributed by atoms with Gasteiger partial charge in [-0.1, -0.05) is 78.0 Å². The largest absolute Gasteiger partial charge is 0.459 e. The van der Waals surface area contributed by atoms with Crippen molar-refractivity contribution in [3.05, 3.63) is 124 Å². The van der Waals surface area contributed by atoms with Crippen LogP contribution in [-0.2, 0) is 17.9 Å². The molecule has 3 aromatic heterocycles. The molecule has 9 nitrogen and oxygen atoms in total. The van der Waals surface area contributed by atoms with Gasteiger partial charge in [-0.3, -0.25) is 9.59 Å². The standard InChI is InChI=1S/C31H28N6O3S2/c1-21-11-13-23(14-12-21)25-17-24(27-10-6-16-41-27)35-37(25)29(38)20-42-31-34-33-28(18-32-30(39)26-9-5-15-40-26)36(31)19-22-7-3-2-4-8-22/h2-16,25H,17-20H2,1H3,(H,32,39)/t25-/m0/s1. The Morgan fingerprint density at radius 3 is 2.60 bits per heavy atom. The number of hydrazone groups is 1. The second-order valence-electron chi connectivity index (χ2n) is 9.81. The van der Waals surface area contributed by atoms with E-state index < -0.39 is 0 Å². The van der Waals surface area contributed by atoms with Crippen LogP contribution >= 0.6 is 23.1 Å². The minimum Gasteiger partial charge on any atom is -0.459 e. The molecule has 0 saturated carbocycles. The molecule has 5 aromatic rings. The number of thioether (sulfide) groups is 1. The van der Waals surface area contributed by atoms with Crippen LogP contribution in [-0.4, -0.2) is 43.1 Å².